The maximum atomic E-state index is 12.3. The van der Waals surface area contributed by atoms with Gasteiger partial charge >= 0.3 is 0 Å². The minimum atomic E-state index is 0.0710. The van der Waals surface area contributed by atoms with E-state index in [2.05, 4.69) is 40.2 Å². The van der Waals surface area contributed by atoms with Crippen molar-refractivity contribution in [2.24, 2.45) is 0 Å². The molecule has 0 bridgehead atoms. The SMILES string of the molecule is COc1ccc(Cn2c(CCNC(=O)CCc3ccccc3)nc3ccccc32)cc1. The van der Waals surface area contributed by atoms with Crippen LogP contribution in [0.1, 0.15) is 23.4 Å². The Morgan fingerprint density at radius 1 is 0.903 bits per heavy atom. The number of aryl methyl sites for hydroxylation is 1. The van der Waals surface area contributed by atoms with Crippen molar-refractivity contribution in [2.75, 3.05) is 13.7 Å². The fraction of sp³-hybridized carbons (Fsp3) is 0.231. The van der Waals surface area contributed by atoms with Crippen molar-refractivity contribution in [3.8, 4) is 5.75 Å². The van der Waals surface area contributed by atoms with Crippen molar-refractivity contribution >= 4 is 16.9 Å². The molecule has 0 saturated heterocycles. The average molecular weight is 414 g/mol. The van der Waals surface area contributed by atoms with Gasteiger partial charge in [-0.15, -0.1) is 0 Å². The number of hydrogen-bond donors (Lipinski definition) is 1. The molecule has 4 aromatic rings. The van der Waals surface area contributed by atoms with Crippen molar-refractivity contribution in [3.63, 3.8) is 0 Å². The van der Waals surface area contributed by atoms with E-state index in [9.17, 15) is 4.79 Å². The molecule has 0 fully saturated rings. The standard InChI is InChI=1S/C26H27N3O2/c1-31-22-14-11-21(12-15-22)19-29-24-10-6-5-9-23(24)28-25(29)17-18-27-26(30)16-13-20-7-3-2-4-8-20/h2-12,14-15H,13,16-19H2,1H3,(H,27,30). The minimum absolute atomic E-state index is 0.0710. The van der Waals surface area contributed by atoms with E-state index in [0.717, 1.165) is 35.6 Å². The van der Waals surface area contributed by atoms with Gasteiger partial charge in [-0.05, 0) is 41.8 Å². The molecule has 1 heterocycles. The normalized spacial score (nSPS) is 10.9. The van der Waals surface area contributed by atoms with Crippen LogP contribution in [0.4, 0.5) is 0 Å². The van der Waals surface area contributed by atoms with Crippen LogP contribution in [0.25, 0.3) is 11.0 Å². The molecule has 158 valence electrons. The van der Waals surface area contributed by atoms with Gasteiger partial charge in [0.15, 0.2) is 0 Å². The van der Waals surface area contributed by atoms with E-state index in [0.29, 0.717) is 19.4 Å². The van der Waals surface area contributed by atoms with Crippen molar-refractivity contribution in [1.82, 2.24) is 14.9 Å². The summed E-state index contributed by atoms with van der Waals surface area (Å²) in [6.45, 7) is 1.29. The number of ether oxygens (including phenoxy) is 1. The largest absolute Gasteiger partial charge is 0.497 e. The summed E-state index contributed by atoms with van der Waals surface area (Å²) >= 11 is 0. The molecule has 0 unspecified atom stereocenters. The van der Waals surface area contributed by atoms with E-state index in [-0.39, 0.29) is 5.91 Å². The average Bonchev–Trinajstić information content (AvgIpc) is 3.16. The number of carbonyl (C=O) groups excluding carboxylic acids is 1. The van der Waals surface area contributed by atoms with Crippen LogP contribution in [-0.4, -0.2) is 29.1 Å². The van der Waals surface area contributed by atoms with Gasteiger partial charge in [-0.3, -0.25) is 4.79 Å². The van der Waals surface area contributed by atoms with Crippen molar-refractivity contribution in [2.45, 2.75) is 25.8 Å². The quantitative estimate of drug-likeness (QED) is 0.443. The van der Waals surface area contributed by atoms with Crippen LogP contribution in [0, 0.1) is 0 Å². The molecule has 0 radical (unpaired) electrons. The lowest BCUT2D eigenvalue weighted by molar-refractivity contribution is -0.121. The molecule has 1 N–H and O–H groups in total. The first kappa shape index (κ1) is 20.7. The highest BCUT2D eigenvalue weighted by Crippen LogP contribution is 2.19. The highest BCUT2D eigenvalue weighted by Gasteiger charge is 2.11. The summed E-state index contributed by atoms with van der Waals surface area (Å²) in [6, 6.07) is 26.3. The van der Waals surface area contributed by atoms with Gasteiger partial charge < -0.3 is 14.6 Å². The van der Waals surface area contributed by atoms with Crippen LogP contribution in [0.5, 0.6) is 5.75 Å². The number of nitrogens with zero attached hydrogens (tertiary/aromatic N) is 2. The number of hydrogen-bond acceptors (Lipinski definition) is 3. The molecule has 0 aliphatic heterocycles. The zero-order valence-corrected chi connectivity index (χ0v) is 17.8. The fourth-order valence-electron chi connectivity index (χ4n) is 3.71. The zero-order valence-electron chi connectivity index (χ0n) is 17.8. The van der Waals surface area contributed by atoms with Crippen LogP contribution in [0.15, 0.2) is 78.9 Å². The second-order valence-electron chi connectivity index (χ2n) is 7.54. The highest BCUT2D eigenvalue weighted by molar-refractivity contribution is 5.77. The molecule has 0 aliphatic carbocycles. The van der Waals surface area contributed by atoms with Crippen LogP contribution >= 0.6 is 0 Å². The molecule has 3 aromatic carbocycles. The number of amides is 1. The summed E-state index contributed by atoms with van der Waals surface area (Å²) < 4.78 is 7.49. The summed E-state index contributed by atoms with van der Waals surface area (Å²) in [5, 5.41) is 3.04. The van der Waals surface area contributed by atoms with E-state index < -0.39 is 0 Å². The molecule has 0 saturated carbocycles. The maximum Gasteiger partial charge on any atom is 0.220 e. The Balaban J connectivity index is 1.40. The Hall–Kier alpha value is -3.60. The number of rotatable bonds is 9. The number of para-hydroxylation sites is 2. The predicted octanol–water partition coefficient (Wildman–Crippen LogP) is 4.38. The van der Waals surface area contributed by atoms with E-state index in [1.165, 1.54) is 11.1 Å². The molecule has 0 atom stereocenters. The molecule has 5 nitrogen and oxygen atoms in total. The Morgan fingerprint density at radius 3 is 2.42 bits per heavy atom. The second-order valence-corrected chi connectivity index (χ2v) is 7.54. The van der Waals surface area contributed by atoms with Crippen LogP contribution in [-0.2, 0) is 24.2 Å². The molecular formula is C26H27N3O2. The van der Waals surface area contributed by atoms with Gasteiger partial charge in [0.05, 0.1) is 18.1 Å². The molecule has 0 aliphatic rings. The fourth-order valence-corrected chi connectivity index (χ4v) is 3.71. The molecule has 1 amide bonds. The number of fused-ring (bicyclic) bond motifs is 1. The number of benzene rings is 3. The first-order valence-electron chi connectivity index (χ1n) is 10.6. The van der Waals surface area contributed by atoms with Gasteiger partial charge in [-0.1, -0.05) is 54.6 Å². The Kier molecular flexibility index (Phi) is 6.62. The summed E-state index contributed by atoms with van der Waals surface area (Å²) in [7, 11) is 1.67. The predicted molar refractivity (Wildman–Crippen MR) is 123 cm³/mol. The summed E-state index contributed by atoms with van der Waals surface area (Å²) in [5.41, 5.74) is 4.43. The van der Waals surface area contributed by atoms with Crippen molar-refractivity contribution < 1.29 is 9.53 Å². The first-order valence-corrected chi connectivity index (χ1v) is 10.6. The maximum absolute atomic E-state index is 12.3. The molecule has 31 heavy (non-hydrogen) atoms. The number of carbonyl (C=O) groups is 1. The lowest BCUT2D eigenvalue weighted by Gasteiger charge is -2.11. The zero-order chi connectivity index (χ0) is 21.5. The molecule has 4 rings (SSSR count). The second kappa shape index (κ2) is 9.94. The Bertz CT molecular complexity index is 1130. The number of methoxy groups -OCH3 is 1. The third kappa shape index (κ3) is 5.31. The van der Waals surface area contributed by atoms with Gasteiger partial charge in [-0.2, -0.15) is 0 Å². The lowest BCUT2D eigenvalue weighted by atomic mass is 10.1. The van der Waals surface area contributed by atoms with Crippen molar-refractivity contribution in [3.05, 3.63) is 95.8 Å². The van der Waals surface area contributed by atoms with Gasteiger partial charge in [0.25, 0.3) is 0 Å². The van der Waals surface area contributed by atoms with Crippen molar-refractivity contribution in [1.29, 1.82) is 0 Å². The van der Waals surface area contributed by atoms with E-state index >= 15 is 0 Å². The number of aromatic nitrogens is 2. The highest BCUT2D eigenvalue weighted by atomic mass is 16.5. The van der Waals surface area contributed by atoms with Crippen LogP contribution in [0.3, 0.4) is 0 Å². The van der Waals surface area contributed by atoms with Crippen LogP contribution in [0.2, 0.25) is 0 Å². The van der Waals surface area contributed by atoms with Gasteiger partial charge in [-0.25, -0.2) is 4.98 Å². The van der Waals surface area contributed by atoms with Gasteiger partial charge in [0.1, 0.15) is 11.6 Å². The first-order chi connectivity index (χ1) is 15.2. The molecule has 1 aromatic heterocycles. The third-order valence-corrected chi connectivity index (χ3v) is 5.39. The molecule has 0 spiro atoms. The van der Waals surface area contributed by atoms with Crippen LogP contribution < -0.4 is 10.1 Å². The topological polar surface area (TPSA) is 56.1 Å². The summed E-state index contributed by atoms with van der Waals surface area (Å²) in [4.78, 5) is 17.1. The number of imidazole rings is 1. The van der Waals surface area contributed by atoms with Gasteiger partial charge in [0, 0.05) is 25.9 Å². The monoisotopic (exact) mass is 413 g/mol. The lowest BCUT2D eigenvalue weighted by Crippen LogP contribution is -2.26. The number of nitrogens with one attached hydrogen (secondary N) is 1. The van der Waals surface area contributed by atoms with E-state index in [1.807, 2.05) is 48.5 Å². The van der Waals surface area contributed by atoms with Gasteiger partial charge in [0.2, 0.25) is 5.91 Å². The van der Waals surface area contributed by atoms with E-state index in [1.54, 1.807) is 7.11 Å². The summed E-state index contributed by atoms with van der Waals surface area (Å²) in [6.07, 6.45) is 1.93. The minimum Gasteiger partial charge on any atom is -0.497 e. The Morgan fingerprint density at radius 2 is 1.65 bits per heavy atom. The molecule has 5 heteroatoms. The summed E-state index contributed by atoms with van der Waals surface area (Å²) in [5.74, 6) is 1.89. The van der Waals surface area contributed by atoms with E-state index in [4.69, 9.17) is 9.72 Å². The molecular weight excluding hydrogens is 386 g/mol. The third-order valence-electron chi connectivity index (χ3n) is 5.39. The smallest absolute Gasteiger partial charge is 0.220 e. The Labute approximate surface area is 182 Å².